The Labute approximate surface area is 89.1 Å². The lowest BCUT2D eigenvalue weighted by Gasteiger charge is -2.18. The molecular weight excluding hydrogens is 172 g/mol. The van der Waals surface area contributed by atoms with Crippen molar-refractivity contribution < 1.29 is 0 Å². The van der Waals surface area contributed by atoms with Gasteiger partial charge in [-0.25, -0.2) is 0 Å². The highest BCUT2D eigenvalue weighted by molar-refractivity contribution is 4.76. The smallest absolute Gasteiger partial charge is 0.00479 e. The standard InChI is InChI=1S/C12H26N2/c1-4-5-12-7-9-14(10-12)8-6-11(2)13-3/h11-13H,4-10H2,1-3H3. The molecular formula is C12H26N2. The van der Waals surface area contributed by atoms with Gasteiger partial charge in [-0.2, -0.15) is 0 Å². The molecule has 0 aliphatic carbocycles. The Morgan fingerprint density at radius 2 is 2.29 bits per heavy atom. The Morgan fingerprint density at radius 3 is 2.93 bits per heavy atom. The summed E-state index contributed by atoms with van der Waals surface area (Å²) in [4.78, 5) is 2.63. The molecule has 2 atom stereocenters. The van der Waals surface area contributed by atoms with E-state index in [9.17, 15) is 0 Å². The number of hydrogen-bond acceptors (Lipinski definition) is 2. The second-order valence-corrected chi connectivity index (χ2v) is 4.72. The van der Waals surface area contributed by atoms with Gasteiger partial charge >= 0.3 is 0 Å². The van der Waals surface area contributed by atoms with Crippen LogP contribution in [0.3, 0.4) is 0 Å². The molecule has 1 aliphatic heterocycles. The summed E-state index contributed by atoms with van der Waals surface area (Å²) in [7, 11) is 2.05. The average molecular weight is 198 g/mol. The lowest BCUT2D eigenvalue weighted by atomic mass is 10.0. The van der Waals surface area contributed by atoms with Crippen molar-refractivity contribution in [3.8, 4) is 0 Å². The van der Waals surface area contributed by atoms with Crippen LogP contribution < -0.4 is 5.32 Å². The van der Waals surface area contributed by atoms with Crippen LogP contribution in [0.5, 0.6) is 0 Å². The minimum absolute atomic E-state index is 0.667. The van der Waals surface area contributed by atoms with Gasteiger partial charge in [0.05, 0.1) is 0 Å². The lowest BCUT2D eigenvalue weighted by Crippen LogP contribution is -2.29. The van der Waals surface area contributed by atoms with E-state index in [1.807, 2.05) is 0 Å². The molecule has 0 saturated carbocycles. The molecule has 1 heterocycles. The van der Waals surface area contributed by atoms with Gasteiger partial charge in [-0.1, -0.05) is 13.3 Å². The minimum Gasteiger partial charge on any atom is -0.317 e. The normalized spacial score (nSPS) is 25.5. The Hall–Kier alpha value is -0.0800. The maximum atomic E-state index is 3.30. The summed E-state index contributed by atoms with van der Waals surface area (Å²) < 4.78 is 0. The molecule has 1 rings (SSSR count). The molecule has 14 heavy (non-hydrogen) atoms. The Bertz CT molecular complexity index is 147. The summed E-state index contributed by atoms with van der Waals surface area (Å²) in [6.07, 6.45) is 5.50. The number of likely N-dealkylation sites (tertiary alicyclic amines) is 1. The predicted octanol–water partition coefficient (Wildman–Crippen LogP) is 2.11. The van der Waals surface area contributed by atoms with Crippen LogP contribution in [0, 0.1) is 5.92 Å². The van der Waals surface area contributed by atoms with Gasteiger partial charge in [-0.15, -0.1) is 0 Å². The van der Waals surface area contributed by atoms with E-state index in [2.05, 4.69) is 31.1 Å². The predicted molar refractivity (Wildman–Crippen MR) is 62.6 cm³/mol. The zero-order valence-corrected chi connectivity index (χ0v) is 10.1. The minimum atomic E-state index is 0.667. The van der Waals surface area contributed by atoms with Crippen LogP contribution in [0.1, 0.15) is 39.5 Å². The molecule has 0 aromatic rings. The van der Waals surface area contributed by atoms with E-state index >= 15 is 0 Å². The van der Waals surface area contributed by atoms with Gasteiger partial charge in [0.25, 0.3) is 0 Å². The van der Waals surface area contributed by atoms with E-state index in [1.54, 1.807) is 0 Å². The fraction of sp³-hybridized carbons (Fsp3) is 1.00. The highest BCUT2D eigenvalue weighted by Crippen LogP contribution is 2.20. The maximum Gasteiger partial charge on any atom is 0.00479 e. The molecule has 0 spiro atoms. The Balaban J connectivity index is 2.09. The van der Waals surface area contributed by atoms with Gasteiger partial charge in [-0.05, 0) is 52.2 Å². The molecule has 0 radical (unpaired) electrons. The van der Waals surface area contributed by atoms with Crippen LogP contribution in [0.15, 0.2) is 0 Å². The molecule has 2 unspecified atom stereocenters. The van der Waals surface area contributed by atoms with Crippen molar-refractivity contribution in [3.63, 3.8) is 0 Å². The quantitative estimate of drug-likeness (QED) is 0.703. The van der Waals surface area contributed by atoms with Crippen molar-refractivity contribution in [1.29, 1.82) is 0 Å². The van der Waals surface area contributed by atoms with Crippen LogP contribution in [-0.4, -0.2) is 37.6 Å². The van der Waals surface area contributed by atoms with Gasteiger partial charge in [0.1, 0.15) is 0 Å². The SMILES string of the molecule is CCCC1CCN(CCC(C)NC)C1. The first kappa shape index (κ1) is 12.0. The first-order valence-corrected chi connectivity index (χ1v) is 6.15. The Kier molecular flexibility index (Phi) is 5.49. The van der Waals surface area contributed by atoms with Crippen LogP contribution in [0.25, 0.3) is 0 Å². The molecule has 1 aliphatic rings. The van der Waals surface area contributed by atoms with Crippen molar-refractivity contribution in [2.24, 2.45) is 5.92 Å². The van der Waals surface area contributed by atoms with Gasteiger partial charge < -0.3 is 10.2 Å². The van der Waals surface area contributed by atoms with Crippen molar-refractivity contribution >= 4 is 0 Å². The average Bonchev–Trinajstić information content (AvgIpc) is 2.63. The van der Waals surface area contributed by atoms with Gasteiger partial charge in [0.2, 0.25) is 0 Å². The number of hydrogen-bond donors (Lipinski definition) is 1. The molecule has 0 aromatic heterocycles. The lowest BCUT2D eigenvalue weighted by molar-refractivity contribution is 0.302. The third kappa shape index (κ3) is 3.97. The number of rotatable bonds is 6. The third-order valence-corrected chi connectivity index (χ3v) is 3.44. The van der Waals surface area contributed by atoms with E-state index in [0.29, 0.717) is 6.04 Å². The third-order valence-electron chi connectivity index (χ3n) is 3.44. The molecule has 0 bridgehead atoms. The number of nitrogens with one attached hydrogen (secondary N) is 1. The Morgan fingerprint density at radius 1 is 1.50 bits per heavy atom. The van der Waals surface area contributed by atoms with Crippen molar-refractivity contribution in [3.05, 3.63) is 0 Å². The topological polar surface area (TPSA) is 15.3 Å². The molecule has 0 amide bonds. The zero-order chi connectivity index (χ0) is 10.4. The summed E-state index contributed by atoms with van der Waals surface area (Å²) in [5.41, 5.74) is 0. The molecule has 2 nitrogen and oxygen atoms in total. The molecule has 1 saturated heterocycles. The van der Waals surface area contributed by atoms with Crippen molar-refractivity contribution in [2.75, 3.05) is 26.7 Å². The van der Waals surface area contributed by atoms with Gasteiger partial charge in [-0.3, -0.25) is 0 Å². The first-order chi connectivity index (χ1) is 6.76. The fourth-order valence-electron chi connectivity index (χ4n) is 2.28. The van der Waals surface area contributed by atoms with Gasteiger partial charge in [0, 0.05) is 12.6 Å². The molecule has 0 aromatic carbocycles. The second kappa shape index (κ2) is 6.41. The van der Waals surface area contributed by atoms with Crippen LogP contribution in [0.2, 0.25) is 0 Å². The summed E-state index contributed by atoms with van der Waals surface area (Å²) in [5, 5.41) is 3.30. The number of nitrogens with zero attached hydrogens (tertiary/aromatic N) is 1. The summed E-state index contributed by atoms with van der Waals surface area (Å²) >= 11 is 0. The molecule has 1 N–H and O–H groups in total. The molecule has 84 valence electrons. The van der Waals surface area contributed by atoms with Crippen LogP contribution >= 0.6 is 0 Å². The second-order valence-electron chi connectivity index (χ2n) is 4.72. The van der Waals surface area contributed by atoms with E-state index in [-0.39, 0.29) is 0 Å². The fourth-order valence-corrected chi connectivity index (χ4v) is 2.28. The zero-order valence-electron chi connectivity index (χ0n) is 10.1. The maximum absolute atomic E-state index is 3.30. The monoisotopic (exact) mass is 198 g/mol. The van der Waals surface area contributed by atoms with E-state index in [0.717, 1.165) is 5.92 Å². The molecule has 1 fully saturated rings. The summed E-state index contributed by atoms with van der Waals surface area (Å²) in [6, 6.07) is 0.667. The van der Waals surface area contributed by atoms with E-state index in [1.165, 1.54) is 45.3 Å². The summed E-state index contributed by atoms with van der Waals surface area (Å²) in [6.45, 7) is 8.53. The summed E-state index contributed by atoms with van der Waals surface area (Å²) in [5.74, 6) is 0.991. The van der Waals surface area contributed by atoms with Gasteiger partial charge in [0.15, 0.2) is 0 Å². The highest BCUT2D eigenvalue weighted by Gasteiger charge is 2.21. The molecule has 2 heteroatoms. The van der Waals surface area contributed by atoms with Crippen molar-refractivity contribution in [1.82, 2.24) is 10.2 Å². The van der Waals surface area contributed by atoms with Crippen LogP contribution in [0.4, 0.5) is 0 Å². The largest absolute Gasteiger partial charge is 0.317 e. The van der Waals surface area contributed by atoms with Crippen LogP contribution in [-0.2, 0) is 0 Å². The van der Waals surface area contributed by atoms with E-state index < -0.39 is 0 Å². The van der Waals surface area contributed by atoms with E-state index in [4.69, 9.17) is 0 Å². The van der Waals surface area contributed by atoms with Crippen molar-refractivity contribution in [2.45, 2.75) is 45.6 Å². The first-order valence-electron chi connectivity index (χ1n) is 6.15. The highest BCUT2D eigenvalue weighted by atomic mass is 15.1.